The molecule has 7 nitrogen and oxygen atoms in total. The van der Waals surface area contributed by atoms with Crippen LogP contribution in [0.15, 0.2) is 83.2 Å². The Morgan fingerprint density at radius 2 is 1.79 bits per heavy atom. The number of rotatable bonds is 8. The van der Waals surface area contributed by atoms with Crippen LogP contribution in [0.4, 0.5) is 11.6 Å². The molecule has 3 aromatic carbocycles. The van der Waals surface area contributed by atoms with Crippen LogP contribution in [0.25, 0.3) is 0 Å². The number of carbonyl (C=O) groups excluding carboxylic acids is 1. The summed E-state index contributed by atoms with van der Waals surface area (Å²) >= 11 is 1.57. The van der Waals surface area contributed by atoms with Gasteiger partial charge in [-0.1, -0.05) is 67.2 Å². The van der Waals surface area contributed by atoms with Gasteiger partial charge in [-0.15, -0.1) is 5.10 Å². The lowest BCUT2D eigenvalue weighted by Gasteiger charge is -2.29. The number of allylic oxidation sites excluding steroid dienone is 1. The van der Waals surface area contributed by atoms with Crippen molar-refractivity contribution in [1.82, 2.24) is 14.8 Å². The average Bonchev–Trinajstić information content (AvgIpc) is 3.32. The van der Waals surface area contributed by atoms with Crippen LogP contribution in [0.5, 0.6) is 5.75 Å². The van der Waals surface area contributed by atoms with Gasteiger partial charge >= 0.3 is 0 Å². The standard InChI is InChI=1S/C31H33N5O2S/c1-6-39-31-34-30-32-22(5)27(29(37)33-26-16-9-12-19(2)21(26)4)28(36(30)35-31)23-14-10-15-25(17-23)38-18-24-13-8-7-11-20(24)3/h7-17,28H,6,18H2,1-5H3,(H,33,37)(H,32,34,35). The number of carbonyl (C=O) groups is 1. The molecule has 1 atom stereocenters. The Morgan fingerprint density at radius 1 is 1.03 bits per heavy atom. The monoisotopic (exact) mass is 539 g/mol. The number of amides is 1. The summed E-state index contributed by atoms with van der Waals surface area (Å²) in [6.45, 7) is 10.6. The normalized spacial score (nSPS) is 14.5. The number of ether oxygens (including phenoxy) is 1. The molecular weight excluding hydrogens is 506 g/mol. The first-order valence-corrected chi connectivity index (χ1v) is 14.1. The number of thioether (sulfide) groups is 1. The van der Waals surface area contributed by atoms with Gasteiger partial charge in [0.25, 0.3) is 5.91 Å². The number of nitrogens with one attached hydrogen (secondary N) is 2. The van der Waals surface area contributed by atoms with Gasteiger partial charge in [-0.05, 0) is 79.5 Å². The van der Waals surface area contributed by atoms with Gasteiger partial charge in [0, 0.05) is 11.4 Å². The van der Waals surface area contributed by atoms with Crippen molar-refractivity contribution in [3.05, 3.63) is 106 Å². The summed E-state index contributed by atoms with van der Waals surface area (Å²) in [5, 5.41) is 11.9. The summed E-state index contributed by atoms with van der Waals surface area (Å²) in [5.41, 5.74) is 7.48. The van der Waals surface area contributed by atoms with E-state index in [1.807, 2.05) is 80.1 Å². The second kappa shape index (κ2) is 11.4. The lowest BCUT2D eigenvalue weighted by molar-refractivity contribution is -0.113. The van der Waals surface area contributed by atoms with Gasteiger partial charge < -0.3 is 15.4 Å². The third-order valence-electron chi connectivity index (χ3n) is 7.03. The average molecular weight is 540 g/mol. The Hall–Kier alpha value is -4.04. The molecule has 0 spiro atoms. The van der Waals surface area contributed by atoms with Crippen LogP contribution in [-0.2, 0) is 11.4 Å². The van der Waals surface area contributed by atoms with Gasteiger partial charge in [-0.25, -0.2) is 4.68 Å². The van der Waals surface area contributed by atoms with Crippen LogP contribution in [0.3, 0.4) is 0 Å². The molecule has 0 aliphatic carbocycles. The van der Waals surface area contributed by atoms with Crippen molar-refractivity contribution in [1.29, 1.82) is 0 Å². The van der Waals surface area contributed by atoms with E-state index >= 15 is 0 Å². The van der Waals surface area contributed by atoms with E-state index < -0.39 is 6.04 Å². The summed E-state index contributed by atoms with van der Waals surface area (Å²) in [6.07, 6.45) is 0. The second-order valence-corrected chi connectivity index (χ2v) is 10.9. The van der Waals surface area contributed by atoms with Crippen LogP contribution < -0.4 is 15.4 Å². The fourth-order valence-electron chi connectivity index (χ4n) is 4.71. The van der Waals surface area contributed by atoms with Crippen LogP contribution in [0, 0.1) is 20.8 Å². The molecule has 0 saturated heterocycles. The number of aromatic nitrogens is 3. The Labute approximate surface area is 233 Å². The Morgan fingerprint density at radius 3 is 2.59 bits per heavy atom. The predicted molar refractivity (Wildman–Crippen MR) is 157 cm³/mol. The van der Waals surface area contributed by atoms with Gasteiger partial charge in [0.1, 0.15) is 18.4 Å². The van der Waals surface area contributed by atoms with Gasteiger partial charge in [-0.2, -0.15) is 4.98 Å². The Balaban J connectivity index is 1.52. The summed E-state index contributed by atoms with van der Waals surface area (Å²) in [6, 6.07) is 21.5. The van der Waals surface area contributed by atoms with E-state index in [0.717, 1.165) is 45.1 Å². The van der Waals surface area contributed by atoms with Crippen molar-refractivity contribution >= 4 is 29.3 Å². The van der Waals surface area contributed by atoms with E-state index in [1.54, 1.807) is 11.8 Å². The highest BCUT2D eigenvalue weighted by molar-refractivity contribution is 7.99. The zero-order valence-electron chi connectivity index (χ0n) is 22.9. The van der Waals surface area contributed by atoms with Crippen molar-refractivity contribution in [2.75, 3.05) is 16.4 Å². The van der Waals surface area contributed by atoms with Gasteiger partial charge in [0.15, 0.2) is 0 Å². The fraction of sp³-hybridized carbons (Fsp3) is 0.258. The Bertz CT molecular complexity index is 1560. The molecule has 200 valence electrons. The molecule has 0 saturated carbocycles. The number of hydrogen-bond donors (Lipinski definition) is 2. The van der Waals surface area contributed by atoms with Crippen LogP contribution in [0.2, 0.25) is 0 Å². The highest BCUT2D eigenvalue weighted by Gasteiger charge is 2.34. The van der Waals surface area contributed by atoms with Crippen molar-refractivity contribution in [3.63, 3.8) is 0 Å². The highest BCUT2D eigenvalue weighted by Crippen LogP contribution is 2.38. The molecular formula is C31H33N5O2S. The molecule has 1 aromatic heterocycles. The van der Waals surface area contributed by atoms with E-state index in [9.17, 15) is 4.79 Å². The predicted octanol–water partition coefficient (Wildman–Crippen LogP) is 6.82. The molecule has 1 aliphatic rings. The first-order valence-electron chi connectivity index (χ1n) is 13.1. The zero-order valence-corrected chi connectivity index (χ0v) is 23.7. The maximum absolute atomic E-state index is 13.9. The third kappa shape index (κ3) is 5.56. The Kier molecular flexibility index (Phi) is 7.74. The number of anilines is 2. The molecule has 0 bridgehead atoms. The zero-order chi connectivity index (χ0) is 27.5. The summed E-state index contributed by atoms with van der Waals surface area (Å²) in [7, 11) is 0. The maximum atomic E-state index is 13.9. The molecule has 5 rings (SSSR count). The molecule has 8 heteroatoms. The number of fused-ring (bicyclic) bond motifs is 1. The fourth-order valence-corrected chi connectivity index (χ4v) is 5.26. The molecule has 39 heavy (non-hydrogen) atoms. The van der Waals surface area contributed by atoms with Crippen molar-refractivity contribution in [2.24, 2.45) is 0 Å². The topological polar surface area (TPSA) is 81.1 Å². The van der Waals surface area contributed by atoms with E-state index in [4.69, 9.17) is 9.84 Å². The number of hydrogen-bond acceptors (Lipinski definition) is 6. The van der Waals surface area contributed by atoms with E-state index in [1.165, 1.54) is 5.56 Å². The van der Waals surface area contributed by atoms with Gasteiger partial charge in [-0.3, -0.25) is 4.79 Å². The summed E-state index contributed by atoms with van der Waals surface area (Å²) < 4.78 is 8.01. The van der Waals surface area contributed by atoms with Crippen molar-refractivity contribution in [3.8, 4) is 5.75 Å². The summed E-state index contributed by atoms with van der Waals surface area (Å²) in [4.78, 5) is 18.6. The highest BCUT2D eigenvalue weighted by atomic mass is 32.2. The molecule has 1 aliphatic heterocycles. The quantitative estimate of drug-likeness (QED) is 0.239. The minimum atomic E-state index is -0.480. The maximum Gasteiger partial charge on any atom is 0.255 e. The first-order chi connectivity index (χ1) is 18.9. The molecule has 1 amide bonds. The lowest BCUT2D eigenvalue weighted by Crippen LogP contribution is -2.31. The van der Waals surface area contributed by atoms with Gasteiger partial charge in [0.2, 0.25) is 11.1 Å². The smallest absolute Gasteiger partial charge is 0.255 e. The molecule has 0 radical (unpaired) electrons. The first kappa shape index (κ1) is 26.6. The van der Waals surface area contributed by atoms with Crippen molar-refractivity contribution < 1.29 is 9.53 Å². The third-order valence-corrected chi connectivity index (χ3v) is 7.75. The molecule has 4 aromatic rings. The van der Waals surface area contributed by atoms with Gasteiger partial charge in [0.05, 0.1) is 5.57 Å². The number of benzene rings is 3. The molecule has 2 heterocycles. The molecule has 2 N–H and O–H groups in total. The molecule has 0 fully saturated rings. The lowest BCUT2D eigenvalue weighted by atomic mass is 9.94. The van der Waals surface area contributed by atoms with E-state index in [-0.39, 0.29) is 5.91 Å². The minimum Gasteiger partial charge on any atom is -0.489 e. The van der Waals surface area contributed by atoms with Crippen LogP contribution in [0.1, 0.15) is 47.7 Å². The minimum absolute atomic E-state index is 0.184. The largest absolute Gasteiger partial charge is 0.489 e. The van der Waals surface area contributed by atoms with E-state index in [2.05, 4.69) is 41.6 Å². The number of aryl methyl sites for hydroxylation is 2. The SMILES string of the molecule is CCSc1nc2n(n1)C(c1cccc(OCc3ccccc3C)c1)C(C(=O)Nc1cccc(C)c1C)=C(C)N2. The molecule has 1 unspecified atom stereocenters. The van der Waals surface area contributed by atoms with Crippen LogP contribution in [-0.4, -0.2) is 26.4 Å². The van der Waals surface area contributed by atoms with E-state index in [0.29, 0.717) is 23.3 Å². The number of nitrogens with zero attached hydrogens (tertiary/aromatic N) is 3. The second-order valence-electron chi connectivity index (χ2n) is 9.65. The van der Waals surface area contributed by atoms with Crippen LogP contribution >= 0.6 is 11.8 Å². The summed E-state index contributed by atoms with van der Waals surface area (Å²) in [5.74, 6) is 2.01. The van der Waals surface area contributed by atoms with Crippen molar-refractivity contribution in [2.45, 2.75) is 52.4 Å².